The molecule has 1 aliphatic carbocycles. The first-order valence-corrected chi connectivity index (χ1v) is 14.3. The van der Waals surface area contributed by atoms with Crippen LogP contribution in [0.5, 0.6) is 11.5 Å². The van der Waals surface area contributed by atoms with Gasteiger partial charge in [-0.1, -0.05) is 61.3 Å². The molecule has 0 spiro atoms. The van der Waals surface area contributed by atoms with Gasteiger partial charge in [-0.05, 0) is 66.4 Å². The monoisotopic (exact) mass is 618 g/mol. The van der Waals surface area contributed by atoms with Gasteiger partial charge in [0.15, 0.2) is 5.75 Å². The number of amides is 2. The summed E-state index contributed by atoms with van der Waals surface area (Å²) in [5.74, 6) is 0.755. The molecule has 0 bridgehead atoms. The Morgan fingerprint density at radius 3 is 2.20 bits per heavy atom. The van der Waals surface area contributed by atoms with E-state index in [1.165, 1.54) is 11.1 Å². The fourth-order valence-corrected chi connectivity index (χ4v) is 5.05. The van der Waals surface area contributed by atoms with Gasteiger partial charge in [-0.15, -0.1) is 12.4 Å². The number of hydrogen-bond acceptors (Lipinski definition) is 5. The zero-order valence-corrected chi connectivity index (χ0v) is 25.9. The maximum atomic E-state index is 13.6. The van der Waals surface area contributed by atoms with Crippen molar-refractivity contribution in [3.63, 3.8) is 0 Å². The number of likely N-dealkylation sites (N-methyl/N-ethyl adjacent to an activating group) is 1. The normalized spacial score (nSPS) is 12.4. The summed E-state index contributed by atoms with van der Waals surface area (Å²) in [6.07, 6.45) is 1.62. The van der Waals surface area contributed by atoms with Crippen LogP contribution in [0.25, 0.3) is 0 Å². The van der Waals surface area contributed by atoms with Crippen molar-refractivity contribution in [2.24, 2.45) is 0 Å². The second-order valence-corrected chi connectivity index (χ2v) is 11.2. The highest BCUT2D eigenvalue weighted by Crippen LogP contribution is 2.35. The molecule has 0 unspecified atom stereocenters. The van der Waals surface area contributed by atoms with E-state index in [1.807, 2.05) is 19.2 Å². The molecular formula is C31H37Cl3N4O3. The zero-order valence-electron chi connectivity index (χ0n) is 23.5. The van der Waals surface area contributed by atoms with Crippen molar-refractivity contribution < 1.29 is 14.3 Å². The summed E-state index contributed by atoms with van der Waals surface area (Å²) in [5.41, 5.74) is 3.09. The molecule has 0 fully saturated rings. The Morgan fingerprint density at radius 1 is 0.927 bits per heavy atom. The Labute approximate surface area is 258 Å². The summed E-state index contributed by atoms with van der Waals surface area (Å²) in [7, 11) is 1.83. The van der Waals surface area contributed by atoms with E-state index in [-0.39, 0.29) is 43.4 Å². The molecule has 220 valence electrons. The largest absolute Gasteiger partial charge is 0.455 e. The quantitative estimate of drug-likeness (QED) is 0.253. The summed E-state index contributed by atoms with van der Waals surface area (Å²) >= 11 is 12.4. The minimum absolute atomic E-state index is 0. The van der Waals surface area contributed by atoms with E-state index in [1.54, 1.807) is 52.3 Å². The maximum Gasteiger partial charge on any atom is 0.242 e. The second-order valence-electron chi connectivity index (χ2n) is 10.3. The van der Waals surface area contributed by atoms with Gasteiger partial charge in [-0.3, -0.25) is 9.59 Å². The van der Waals surface area contributed by atoms with Gasteiger partial charge in [0, 0.05) is 42.3 Å². The number of hydrogen-bond donors (Lipinski definition) is 2. The maximum absolute atomic E-state index is 13.6. The first-order valence-electron chi connectivity index (χ1n) is 13.5. The number of carbonyl (C=O) groups is 2. The molecule has 0 aliphatic heterocycles. The minimum Gasteiger partial charge on any atom is -0.455 e. The number of benzene rings is 3. The van der Waals surface area contributed by atoms with Gasteiger partial charge in [0.1, 0.15) is 5.75 Å². The lowest BCUT2D eigenvalue weighted by Gasteiger charge is -2.30. The number of nitrogens with one attached hydrogen (secondary N) is 2. The molecule has 3 aromatic carbocycles. The van der Waals surface area contributed by atoms with Crippen LogP contribution in [0.3, 0.4) is 0 Å². The molecule has 0 atom stereocenters. The Morgan fingerprint density at radius 2 is 1.56 bits per heavy atom. The van der Waals surface area contributed by atoms with Gasteiger partial charge in [-0.2, -0.15) is 0 Å². The third-order valence-electron chi connectivity index (χ3n) is 6.93. The van der Waals surface area contributed by atoms with Crippen molar-refractivity contribution in [1.29, 1.82) is 0 Å². The predicted octanol–water partition coefficient (Wildman–Crippen LogP) is 5.75. The standard InChI is InChI=1S/C31H36Cl2N4O3.ClH/c1-21(2)34-14-15-35-30(38)19-37(20-31(39)36(3)26-16-22-6-4-5-7-23(22)17-26)28-18-25(33)10-13-29(28)40-27-11-8-24(32)9-12-27;/h4-13,18,21,26,34H,14-17,19-20H2,1-3H3,(H,35,38);1H. The predicted molar refractivity (Wildman–Crippen MR) is 169 cm³/mol. The summed E-state index contributed by atoms with van der Waals surface area (Å²) in [4.78, 5) is 30.2. The summed E-state index contributed by atoms with van der Waals surface area (Å²) < 4.78 is 6.17. The molecular weight excluding hydrogens is 583 g/mol. The topological polar surface area (TPSA) is 73.9 Å². The lowest BCUT2D eigenvalue weighted by molar-refractivity contribution is -0.130. The Hall–Kier alpha value is -2.97. The van der Waals surface area contributed by atoms with Crippen LogP contribution in [0.2, 0.25) is 10.0 Å². The second kappa shape index (κ2) is 15.3. The molecule has 2 amide bonds. The molecule has 0 saturated carbocycles. The van der Waals surface area contributed by atoms with Crippen LogP contribution in [0.15, 0.2) is 66.7 Å². The Bertz CT molecular complexity index is 1300. The number of halogens is 3. The minimum atomic E-state index is -0.202. The van der Waals surface area contributed by atoms with Gasteiger partial charge in [0.2, 0.25) is 11.8 Å². The first kappa shape index (κ1) is 32.5. The fourth-order valence-electron chi connectivity index (χ4n) is 4.76. The van der Waals surface area contributed by atoms with Crippen LogP contribution < -0.4 is 20.3 Å². The van der Waals surface area contributed by atoms with Crippen LogP contribution in [-0.4, -0.2) is 62.0 Å². The lowest BCUT2D eigenvalue weighted by Crippen LogP contribution is -2.47. The van der Waals surface area contributed by atoms with Gasteiger partial charge in [-0.25, -0.2) is 0 Å². The van der Waals surface area contributed by atoms with Gasteiger partial charge >= 0.3 is 0 Å². The highest BCUT2D eigenvalue weighted by molar-refractivity contribution is 6.31. The van der Waals surface area contributed by atoms with E-state index in [0.29, 0.717) is 46.4 Å². The van der Waals surface area contributed by atoms with Crippen LogP contribution in [0, 0.1) is 0 Å². The van der Waals surface area contributed by atoms with E-state index in [0.717, 1.165) is 12.8 Å². The van der Waals surface area contributed by atoms with E-state index < -0.39 is 0 Å². The third-order valence-corrected chi connectivity index (χ3v) is 7.42. The van der Waals surface area contributed by atoms with Crippen LogP contribution >= 0.6 is 35.6 Å². The van der Waals surface area contributed by atoms with Crippen molar-refractivity contribution in [3.8, 4) is 11.5 Å². The molecule has 41 heavy (non-hydrogen) atoms. The molecule has 7 nitrogen and oxygen atoms in total. The average molecular weight is 620 g/mol. The number of carbonyl (C=O) groups excluding carboxylic acids is 2. The molecule has 3 aromatic rings. The molecule has 4 rings (SSSR count). The average Bonchev–Trinajstić information content (AvgIpc) is 3.37. The van der Waals surface area contributed by atoms with Crippen molar-refractivity contribution in [2.75, 3.05) is 38.1 Å². The summed E-state index contributed by atoms with van der Waals surface area (Å²) in [6.45, 7) is 5.17. The summed E-state index contributed by atoms with van der Waals surface area (Å²) in [5, 5.41) is 7.29. The molecule has 0 heterocycles. The highest BCUT2D eigenvalue weighted by atomic mass is 35.5. The van der Waals surface area contributed by atoms with E-state index in [4.69, 9.17) is 27.9 Å². The van der Waals surface area contributed by atoms with Crippen molar-refractivity contribution in [2.45, 2.75) is 38.8 Å². The van der Waals surface area contributed by atoms with Crippen molar-refractivity contribution in [3.05, 3.63) is 87.9 Å². The van der Waals surface area contributed by atoms with Gasteiger partial charge in [0.25, 0.3) is 0 Å². The molecule has 0 saturated heterocycles. The zero-order chi connectivity index (χ0) is 28.6. The van der Waals surface area contributed by atoms with Crippen LogP contribution in [-0.2, 0) is 22.4 Å². The fraction of sp³-hybridized carbons (Fsp3) is 0.355. The molecule has 1 aliphatic rings. The van der Waals surface area contributed by atoms with Gasteiger partial charge < -0.3 is 25.2 Å². The third kappa shape index (κ3) is 9.27. The Balaban J connectivity index is 0.00000462. The Kier molecular flexibility index (Phi) is 12.2. The molecule has 2 N–H and O–H groups in total. The SMILES string of the molecule is CC(C)NCCNC(=O)CN(CC(=O)N(C)C1Cc2ccccc2C1)c1cc(Cl)ccc1Oc1ccc(Cl)cc1.Cl. The molecule has 10 heteroatoms. The van der Waals surface area contributed by atoms with Crippen LogP contribution in [0.1, 0.15) is 25.0 Å². The van der Waals surface area contributed by atoms with Crippen molar-refractivity contribution >= 4 is 53.1 Å². The molecule has 0 radical (unpaired) electrons. The van der Waals surface area contributed by atoms with E-state index in [2.05, 4.69) is 36.6 Å². The first-order chi connectivity index (χ1) is 19.2. The van der Waals surface area contributed by atoms with E-state index in [9.17, 15) is 9.59 Å². The van der Waals surface area contributed by atoms with Crippen LogP contribution in [0.4, 0.5) is 5.69 Å². The van der Waals surface area contributed by atoms with Gasteiger partial charge in [0.05, 0.1) is 18.8 Å². The number of fused-ring (bicyclic) bond motifs is 1. The number of rotatable bonds is 12. The summed E-state index contributed by atoms with van der Waals surface area (Å²) in [6, 6.07) is 20.8. The van der Waals surface area contributed by atoms with E-state index >= 15 is 0 Å². The number of ether oxygens (including phenoxy) is 1. The highest BCUT2D eigenvalue weighted by Gasteiger charge is 2.29. The molecule has 0 aromatic heterocycles. The van der Waals surface area contributed by atoms with Crippen molar-refractivity contribution in [1.82, 2.24) is 15.5 Å². The smallest absolute Gasteiger partial charge is 0.242 e. The number of nitrogens with zero attached hydrogens (tertiary/aromatic N) is 2. The lowest BCUT2D eigenvalue weighted by atomic mass is 10.1. The number of anilines is 1.